The Balaban J connectivity index is 1.29. The Morgan fingerprint density at radius 1 is 0.979 bits per heavy atom. The molecule has 9 heteroatoms. The molecule has 5 aliphatic rings. The quantitative estimate of drug-likeness (QED) is 0.314. The third kappa shape index (κ3) is 5.05. The first-order chi connectivity index (χ1) is 23.2. The van der Waals surface area contributed by atoms with Gasteiger partial charge < -0.3 is 14.2 Å². The number of likely N-dealkylation sites (N-methyl/N-ethyl adjacent to an activating group) is 1. The summed E-state index contributed by atoms with van der Waals surface area (Å²) in [6.45, 7) is 6.76. The van der Waals surface area contributed by atoms with E-state index in [1.165, 1.54) is 59.9 Å². The monoisotopic (exact) mass is 670 g/mol. The van der Waals surface area contributed by atoms with E-state index in [1.54, 1.807) is 7.11 Å². The van der Waals surface area contributed by atoms with Gasteiger partial charge in [-0.25, -0.2) is 4.21 Å². The van der Waals surface area contributed by atoms with E-state index < -0.39 is 16.4 Å². The molecule has 256 valence electrons. The standard InChI is InChI=1S/C39H50N4O4S/c1-25(2)48(46)40-36(44)27-12-14-30-33(20-27)43-24-39(37(45)42-19-18-41(3)38(23-42)16-8-9-17-38)22-32(39)31-21-28(47-4)13-15-29(31)35(43)34(30)26-10-6-5-7-11-26/h12-15,20-21,25-26,32H,5-11,16-19,22-24H2,1-4H3,(H,40,44). The number of hydrogen-bond donors (Lipinski definition) is 1. The van der Waals surface area contributed by atoms with Crippen LogP contribution in [0.2, 0.25) is 0 Å². The average molecular weight is 671 g/mol. The molecule has 48 heavy (non-hydrogen) atoms. The summed E-state index contributed by atoms with van der Waals surface area (Å²) in [5.74, 6) is 1.32. The van der Waals surface area contributed by atoms with Crippen molar-refractivity contribution in [3.63, 3.8) is 0 Å². The van der Waals surface area contributed by atoms with E-state index in [-0.39, 0.29) is 28.5 Å². The second kappa shape index (κ2) is 12.0. The Hall–Kier alpha value is -3.17. The Morgan fingerprint density at radius 3 is 2.48 bits per heavy atom. The molecule has 1 spiro atoms. The van der Waals surface area contributed by atoms with E-state index in [9.17, 15) is 9.00 Å². The number of ether oxygens (including phenoxy) is 1. The van der Waals surface area contributed by atoms with Crippen molar-refractivity contribution in [1.82, 2.24) is 19.1 Å². The fourth-order valence-corrected chi connectivity index (χ4v) is 10.4. The molecule has 3 unspecified atom stereocenters. The summed E-state index contributed by atoms with van der Waals surface area (Å²) in [6, 6.07) is 12.5. The summed E-state index contributed by atoms with van der Waals surface area (Å²) in [7, 11) is 2.50. The van der Waals surface area contributed by atoms with Crippen molar-refractivity contribution in [2.75, 3.05) is 33.8 Å². The van der Waals surface area contributed by atoms with Crippen LogP contribution in [0.3, 0.4) is 0 Å². The first-order valence-electron chi connectivity index (χ1n) is 18.2. The lowest BCUT2D eigenvalue weighted by molar-refractivity contribution is -0.143. The lowest BCUT2D eigenvalue weighted by atomic mass is 9.81. The Morgan fingerprint density at radius 2 is 1.75 bits per heavy atom. The lowest BCUT2D eigenvalue weighted by Crippen LogP contribution is -2.61. The number of fused-ring (bicyclic) bond motifs is 7. The van der Waals surface area contributed by atoms with Crippen molar-refractivity contribution in [2.45, 2.75) is 107 Å². The number of methoxy groups -OCH3 is 1. The number of nitrogens with zero attached hydrogens (tertiary/aromatic N) is 3. The van der Waals surface area contributed by atoms with Gasteiger partial charge in [-0.3, -0.25) is 19.2 Å². The van der Waals surface area contributed by atoms with Gasteiger partial charge in [0.25, 0.3) is 5.91 Å². The van der Waals surface area contributed by atoms with E-state index in [0.29, 0.717) is 18.0 Å². The van der Waals surface area contributed by atoms with Crippen LogP contribution < -0.4 is 9.46 Å². The molecular weight excluding hydrogens is 621 g/mol. The smallest absolute Gasteiger partial charge is 0.263 e. The molecule has 0 bridgehead atoms. The molecule has 3 aliphatic carbocycles. The number of aromatic nitrogens is 1. The number of carbonyl (C=O) groups excluding carboxylic acids is 2. The van der Waals surface area contributed by atoms with Gasteiger partial charge in [0.15, 0.2) is 0 Å². The molecule has 3 aromatic rings. The summed E-state index contributed by atoms with van der Waals surface area (Å²) in [5.41, 5.74) is 6.04. The molecule has 8 rings (SSSR count). The number of benzene rings is 2. The minimum absolute atomic E-state index is 0.0958. The first-order valence-corrected chi connectivity index (χ1v) is 19.4. The Bertz CT molecular complexity index is 1800. The van der Waals surface area contributed by atoms with Crippen molar-refractivity contribution in [1.29, 1.82) is 0 Å². The molecule has 1 aromatic heterocycles. The van der Waals surface area contributed by atoms with Crippen molar-refractivity contribution in [2.24, 2.45) is 5.41 Å². The highest BCUT2D eigenvalue weighted by Gasteiger charge is 2.64. The topological polar surface area (TPSA) is 83.9 Å². The summed E-state index contributed by atoms with van der Waals surface area (Å²) >= 11 is 0. The van der Waals surface area contributed by atoms with E-state index in [2.05, 4.69) is 50.4 Å². The highest BCUT2D eigenvalue weighted by atomic mass is 32.2. The second-order valence-electron chi connectivity index (χ2n) is 15.6. The molecule has 3 saturated carbocycles. The number of rotatable bonds is 6. The van der Waals surface area contributed by atoms with Gasteiger partial charge in [-0.1, -0.05) is 38.2 Å². The maximum absolute atomic E-state index is 15.1. The fourth-order valence-electron chi connectivity index (χ4n) is 9.81. The molecule has 3 heterocycles. The predicted molar refractivity (Wildman–Crippen MR) is 191 cm³/mol. The maximum Gasteiger partial charge on any atom is 0.263 e. The van der Waals surface area contributed by atoms with Gasteiger partial charge >= 0.3 is 0 Å². The SMILES string of the molecule is COc1ccc2c(c1)C1CC1(C(=O)N1CCN(C)C3(CCCC3)C1)Cn1c-2c(C2CCCCC2)c2ccc(C(=O)NS(=O)C(C)C)cc21. The largest absolute Gasteiger partial charge is 0.497 e. The van der Waals surface area contributed by atoms with Crippen LogP contribution in [-0.2, 0) is 22.3 Å². The minimum atomic E-state index is -1.47. The van der Waals surface area contributed by atoms with E-state index >= 15 is 4.79 Å². The van der Waals surface area contributed by atoms with Gasteiger partial charge in [0.2, 0.25) is 5.91 Å². The number of nitrogens with one attached hydrogen (secondary N) is 1. The van der Waals surface area contributed by atoms with Gasteiger partial charge in [0.05, 0.1) is 18.2 Å². The molecule has 0 radical (unpaired) electrons. The number of amides is 2. The van der Waals surface area contributed by atoms with Crippen LogP contribution in [0.4, 0.5) is 0 Å². The normalized spacial score (nSPS) is 25.8. The highest BCUT2D eigenvalue weighted by Crippen LogP contribution is 2.66. The van der Waals surface area contributed by atoms with E-state index in [0.717, 1.165) is 63.0 Å². The summed E-state index contributed by atoms with van der Waals surface area (Å²) < 4.78 is 23.5. The zero-order valence-corrected chi connectivity index (χ0v) is 29.8. The molecule has 1 saturated heterocycles. The van der Waals surface area contributed by atoms with Crippen LogP contribution in [0, 0.1) is 5.41 Å². The first kappa shape index (κ1) is 32.1. The fraction of sp³-hybridized carbons (Fsp3) is 0.590. The second-order valence-corrected chi connectivity index (χ2v) is 17.4. The number of carbonyl (C=O) groups is 2. The molecule has 3 atom stereocenters. The summed E-state index contributed by atoms with van der Waals surface area (Å²) in [6.07, 6.45) is 11.6. The van der Waals surface area contributed by atoms with Crippen LogP contribution >= 0.6 is 0 Å². The molecular formula is C39H50N4O4S. The third-order valence-electron chi connectivity index (χ3n) is 12.7. The van der Waals surface area contributed by atoms with Crippen molar-refractivity contribution in [3.8, 4) is 17.0 Å². The van der Waals surface area contributed by atoms with Crippen LogP contribution in [0.5, 0.6) is 5.75 Å². The van der Waals surface area contributed by atoms with Crippen LogP contribution in [0.1, 0.15) is 111 Å². The minimum Gasteiger partial charge on any atom is -0.497 e. The third-order valence-corrected chi connectivity index (χ3v) is 13.9. The highest BCUT2D eigenvalue weighted by molar-refractivity contribution is 7.84. The summed E-state index contributed by atoms with van der Waals surface area (Å²) in [5, 5.41) is 0.996. The van der Waals surface area contributed by atoms with E-state index in [1.807, 2.05) is 26.0 Å². The van der Waals surface area contributed by atoms with Gasteiger partial charge in [0.1, 0.15) is 16.7 Å². The predicted octanol–water partition coefficient (Wildman–Crippen LogP) is 6.74. The molecule has 2 aliphatic heterocycles. The maximum atomic E-state index is 15.1. The van der Waals surface area contributed by atoms with Crippen LogP contribution in [0.15, 0.2) is 36.4 Å². The zero-order valence-electron chi connectivity index (χ0n) is 29.0. The van der Waals surface area contributed by atoms with Crippen molar-refractivity contribution < 1.29 is 18.5 Å². The summed E-state index contributed by atoms with van der Waals surface area (Å²) in [4.78, 5) is 33.2. The van der Waals surface area contributed by atoms with Gasteiger partial charge in [0, 0.05) is 64.9 Å². The lowest BCUT2D eigenvalue weighted by Gasteiger charge is -2.48. The molecule has 4 fully saturated rings. The van der Waals surface area contributed by atoms with Crippen molar-refractivity contribution >= 4 is 33.7 Å². The van der Waals surface area contributed by atoms with Gasteiger partial charge in [-0.2, -0.15) is 0 Å². The molecule has 8 nitrogen and oxygen atoms in total. The average Bonchev–Trinajstić information content (AvgIpc) is 3.53. The van der Waals surface area contributed by atoms with Crippen molar-refractivity contribution in [3.05, 3.63) is 53.1 Å². The molecule has 2 amide bonds. The Kier molecular flexibility index (Phi) is 8.02. The number of hydrogen-bond acceptors (Lipinski definition) is 5. The van der Waals surface area contributed by atoms with Gasteiger partial charge in [-0.05, 0) is 100 Å². The molecule has 2 aromatic carbocycles. The van der Waals surface area contributed by atoms with E-state index in [4.69, 9.17) is 4.74 Å². The number of piperazine rings is 1. The molecule has 1 N–H and O–H groups in total. The van der Waals surface area contributed by atoms with Gasteiger partial charge in [-0.15, -0.1) is 0 Å². The Labute approximate surface area is 287 Å². The zero-order chi connectivity index (χ0) is 33.4. The van der Waals surface area contributed by atoms with Crippen LogP contribution in [0.25, 0.3) is 22.2 Å². The van der Waals surface area contributed by atoms with Crippen LogP contribution in [-0.4, -0.2) is 75.0 Å².